The lowest BCUT2D eigenvalue weighted by Gasteiger charge is -2.39. The first-order valence-corrected chi connectivity index (χ1v) is 6.55. The monoisotopic (exact) mass is 270 g/mol. The molecule has 1 saturated heterocycles. The van der Waals surface area contributed by atoms with Gasteiger partial charge in [-0.2, -0.15) is 0 Å². The van der Waals surface area contributed by atoms with Gasteiger partial charge in [-0.15, -0.1) is 0 Å². The van der Waals surface area contributed by atoms with Gasteiger partial charge in [-0.1, -0.05) is 24.3 Å². The molecule has 2 rings (SSSR count). The quantitative estimate of drug-likeness (QED) is 0.912. The Bertz CT molecular complexity index is 397. The molecule has 0 aliphatic carbocycles. The molecule has 1 fully saturated rings. The van der Waals surface area contributed by atoms with Crippen LogP contribution in [0.15, 0.2) is 24.3 Å². The molecule has 1 aliphatic heterocycles. The molecule has 106 valence electrons. The van der Waals surface area contributed by atoms with Gasteiger partial charge in [0.1, 0.15) is 0 Å². The fraction of sp³-hybridized carbons (Fsp3) is 0.571. The minimum atomic E-state index is -2.42. The van der Waals surface area contributed by atoms with Crippen LogP contribution in [0.25, 0.3) is 0 Å². The Hall–Kier alpha value is -1.04. The molecule has 0 spiro atoms. The van der Waals surface area contributed by atoms with E-state index >= 15 is 0 Å². The minimum Gasteiger partial charge on any atom is -0.379 e. The number of halogens is 2. The van der Waals surface area contributed by atoms with E-state index in [1.807, 2.05) is 0 Å². The van der Waals surface area contributed by atoms with Crippen molar-refractivity contribution in [2.24, 2.45) is 5.73 Å². The molecule has 0 saturated carbocycles. The predicted molar refractivity (Wildman–Crippen MR) is 70.2 cm³/mol. The smallest absolute Gasteiger partial charge is 0.263 e. The van der Waals surface area contributed by atoms with E-state index in [9.17, 15) is 8.78 Å². The van der Waals surface area contributed by atoms with Crippen molar-refractivity contribution < 1.29 is 13.5 Å². The topological polar surface area (TPSA) is 38.5 Å². The highest BCUT2D eigenvalue weighted by Gasteiger charge is 2.26. The van der Waals surface area contributed by atoms with Crippen molar-refractivity contribution in [1.82, 2.24) is 4.90 Å². The fourth-order valence-electron chi connectivity index (χ4n) is 2.53. The normalized spacial score (nSPS) is 22.7. The Labute approximate surface area is 112 Å². The zero-order valence-corrected chi connectivity index (χ0v) is 11.1. The van der Waals surface area contributed by atoms with Gasteiger partial charge in [-0.25, -0.2) is 8.78 Å². The first-order chi connectivity index (χ1) is 9.13. The van der Waals surface area contributed by atoms with Gasteiger partial charge < -0.3 is 10.5 Å². The van der Waals surface area contributed by atoms with Gasteiger partial charge in [0.2, 0.25) is 0 Å². The van der Waals surface area contributed by atoms with E-state index in [0.29, 0.717) is 19.8 Å². The summed E-state index contributed by atoms with van der Waals surface area (Å²) in [6, 6.07) is 6.81. The highest BCUT2D eigenvalue weighted by Crippen LogP contribution is 2.26. The molecule has 2 atom stereocenters. The van der Waals surface area contributed by atoms with E-state index in [4.69, 9.17) is 10.5 Å². The highest BCUT2D eigenvalue weighted by molar-refractivity contribution is 5.26. The van der Waals surface area contributed by atoms with Crippen LogP contribution in [0.4, 0.5) is 8.78 Å². The molecule has 1 aromatic carbocycles. The van der Waals surface area contributed by atoms with Crippen molar-refractivity contribution in [3.8, 4) is 0 Å². The third-order valence-corrected chi connectivity index (χ3v) is 3.62. The lowest BCUT2D eigenvalue weighted by atomic mass is 10.0. The number of benzene rings is 1. The van der Waals surface area contributed by atoms with Crippen LogP contribution in [-0.2, 0) is 4.74 Å². The van der Waals surface area contributed by atoms with E-state index in [1.54, 1.807) is 12.1 Å². The third kappa shape index (κ3) is 3.29. The summed E-state index contributed by atoms with van der Waals surface area (Å²) in [5.74, 6) is 0. The molecule has 3 nitrogen and oxygen atoms in total. The number of alkyl halides is 2. The SMILES string of the molecule is CC1COCCN1C(CN)c1ccc(C(F)F)cc1. The van der Waals surface area contributed by atoms with Gasteiger partial charge in [0.15, 0.2) is 0 Å². The van der Waals surface area contributed by atoms with Crippen molar-refractivity contribution >= 4 is 0 Å². The molecule has 0 aromatic heterocycles. The van der Waals surface area contributed by atoms with Crippen LogP contribution in [0, 0.1) is 0 Å². The first-order valence-electron chi connectivity index (χ1n) is 6.55. The predicted octanol–water partition coefficient (Wildman–Crippen LogP) is 2.34. The summed E-state index contributed by atoms with van der Waals surface area (Å²) in [5, 5.41) is 0. The maximum atomic E-state index is 12.5. The second kappa shape index (κ2) is 6.41. The summed E-state index contributed by atoms with van der Waals surface area (Å²) in [6.07, 6.45) is -2.42. The lowest BCUT2D eigenvalue weighted by molar-refractivity contribution is -0.0209. The van der Waals surface area contributed by atoms with Gasteiger partial charge in [0.05, 0.1) is 13.2 Å². The molecule has 2 unspecified atom stereocenters. The average Bonchev–Trinajstić information content (AvgIpc) is 2.42. The molecule has 0 bridgehead atoms. The highest BCUT2D eigenvalue weighted by atomic mass is 19.3. The number of hydrogen-bond donors (Lipinski definition) is 1. The maximum Gasteiger partial charge on any atom is 0.263 e. The molecule has 1 aromatic rings. The zero-order chi connectivity index (χ0) is 13.8. The van der Waals surface area contributed by atoms with Gasteiger partial charge >= 0.3 is 0 Å². The number of morpholine rings is 1. The maximum absolute atomic E-state index is 12.5. The summed E-state index contributed by atoms with van der Waals surface area (Å²) < 4.78 is 30.5. The van der Waals surface area contributed by atoms with Crippen LogP contribution in [0.1, 0.15) is 30.5 Å². The van der Waals surface area contributed by atoms with E-state index in [2.05, 4.69) is 11.8 Å². The summed E-state index contributed by atoms with van der Waals surface area (Å²) in [6.45, 7) is 4.76. The number of nitrogens with zero attached hydrogens (tertiary/aromatic N) is 1. The number of nitrogens with two attached hydrogens (primary N) is 1. The number of hydrogen-bond acceptors (Lipinski definition) is 3. The molecule has 19 heavy (non-hydrogen) atoms. The number of ether oxygens (including phenoxy) is 1. The lowest BCUT2D eigenvalue weighted by Crippen LogP contribution is -2.47. The third-order valence-electron chi connectivity index (χ3n) is 3.62. The summed E-state index contributed by atoms with van der Waals surface area (Å²) >= 11 is 0. The van der Waals surface area contributed by atoms with Crippen LogP contribution in [0.3, 0.4) is 0 Å². The minimum absolute atomic E-state index is 0.0505. The van der Waals surface area contributed by atoms with Crippen molar-refractivity contribution in [2.45, 2.75) is 25.4 Å². The summed E-state index contributed by atoms with van der Waals surface area (Å²) in [7, 11) is 0. The fourth-order valence-corrected chi connectivity index (χ4v) is 2.53. The molecule has 0 amide bonds. The first kappa shape index (κ1) is 14.4. The van der Waals surface area contributed by atoms with Crippen LogP contribution in [0.5, 0.6) is 0 Å². The van der Waals surface area contributed by atoms with E-state index in [0.717, 1.165) is 12.1 Å². The van der Waals surface area contributed by atoms with Gasteiger partial charge in [0, 0.05) is 30.7 Å². The van der Waals surface area contributed by atoms with Crippen molar-refractivity contribution in [3.63, 3.8) is 0 Å². The Morgan fingerprint density at radius 2 is 1.95 bits per heavy atom. The largest absolute Gasteiger partial charge is 0.379 e. The van der Waals surface area contributed by atoms with Crippen LogP contribution < -0.4 is 5.73 Å². The number of rotatable bonds is 4. The Balaban J connectivity index is 2.16. The molecule has 1 aliphatic rings. The van der Waals surface area contributed by atoms with E-state index in [-0.39, 0.29) is 17.6 Å². The van der Waals surface area contributed by atoms with Gasteiger partial charge in [0.25, 0.3) is 6.43 Å². The van der Waals surface area contributed by atoms with Crippen LogP contribution >= 0.6 is 0 Å². The Kier molecular flexibility index (Phi) is 4.85. The molecular weight excluding hydrogens is 250 g/mol. The second-order valence-electron chi connectivity index (χ2n) is 4.88. The van der Waals surface area contributed by atoms with Crippen molar-refractivity contribution in [2.75, 3.05) is 26.3 Å². The summed E-state index contributed by atoms with van der Waals surface area (Å²) in [5.41, 5.74) is 6.90. The van der Waals surface area contributed by atoms with Crippen molar-refractivity contribution in [3.05, 3.63) is 35.4 Å². The average molecular weight is 270 g/mol. The van der Waals surface area contributed by atoms with Crippen molar-refractivity contribution in [1.29, 1.82) is 0 Å². The molecule has 5 heteroatoms. The molecule has 1 heterocycles. The van der Waals surface area contributed by atoms with Crippen LogP contribution in [0.2, 0.25) is 0 Å². The summed E-state index contributed by atoms with van der Waals surface area (Å²) in [4.78, 5) is 2.28. The Morgan fingerprint density at radius 3 is 2.47 bits per heavy atom. The Morgan fingerprint density at radius 1 is 1.32 bits per heavy atom. The zero-order valence-electron chi connectivity index (χ0n) is 11.1. The molecule has 2 N–H and O–H groups in total. The second-order valence-corrected chi connectivity index (χ2v) is 4.88. The van der Waals surface area contributed by atoms with E-state index in [1.165, 1.54) is 12.1 Å². The molecule has 0 radical (unpaired) electrons. The van der Waals surface area contributed by atoms with Crippen LogP contribution in [-0.4, -0.2) is 37.2 Å². The van der Waals surface area contributed by atoms with Gasteiger partial charge in [-0.05, 0) is 12.5 Å². The van der Waals surface area contributed by atoms with Gasteiger partial charge in [-0.3, -0.25) is 4.90 Å². The van der Waals surface area contributed by atoms with E-state index < -0.39 is 6.43 Å². The molecular formula is C14H20F2N2O. The standard InChI is InChI=1S/C14H20F2N2O/c1-10-9-19-7-6-18(10)13(8-17)11-2-4-12(5-3-11)14(15)16/h2-5,10,13-14H,6-9,17H2,1H3.